The third-order valence-electron chi connectivity index (χ3n) is 3.49. The fraction of sp³-hybridized carbons (Fsp3) is 0.684. The lowest BCUT2D eigenvalue weighted by Gasteiger charge is -2.22. The third kappa shape index (κ3) is 12.2. The minimum atomic E-state index is -4.99. The van der Waals surface area contributed by atoms with Crippen molar-refractivity contribution in [2.45, 2.75) is 65.9 Å². The van der Waals surface area contributed by atoms with Gasteiger partial charge in [-0.2, -0.15) is 26.3 Å². The topological polar surface area (TPSA) is 58.2 Å². The van der Waals surface area contributed by atoms with Gasteiger partial charge in [0.1, 0.15) is 0 Å². The molecule has 0 aromatic heterocycles. The molecule has 29 heavy (non-hydrogen) atoms. The predicted octanol–water partition coefficient (Wildman–Crippen LogP) is 4.68. The van der Waals surface area contributed by atoms with E-state index in [-0.39, 0.29) is 42.6 Å². The van der Waals surface area contributed by atoms with Crippen molar-refractivity contribution in [3.05, 3.63) is 23.5 Å². The minimum Gasteiger partial charge on any atom is -0.386 e. The number of carbonyl (C=O) groups excluding carboxylic acids is 2. The van der Waals surface area contributed by atoms with Crippen LogP contribution in [0, 0.1) is 11.8 Å². The summed E-state index contributed by atoms with van der Waals surface area (Å²) in [5.41, 5.74) is 0.161. The van der Waals surface area contributed by atoms with Crippen LogP contribution in [0.3, 0.4) is 0 Å². The Morgan fingerprint density at radius 2 is 1.14 bits per heavy atom. The van der Waals surface area contributed by atoms with Gasteiger partial charge in [-0.25, -0.2) is 0 Å². The summed E-state index contributed by atoms with van der Waals surface area (Å²) in [4.78, 5) is 22.4. The van der Waals surface area contributed by atoms with E-state index in [2.05, 4.69) is 10.6 Å². The largest absolute Gasteiger partial charge is 0.454 e. The molecule has 0 aliphatic carbocycles. The second-order valence-electron chi connectivity index (χ2n) is 7.69. The van der Waals surface area contributed by atoms with E-state index in [1.165, 1.54) is 0 Å². The quantitative estimate of drug-likeness (QED) is 0.369. The van der Waals surface area contributed by atoms with Crippen molar-refractivity contribution >= 4 is 11.6 Å². The van der Waals surface area contributed by atoms with Crippen LogP contribution in [0.5, 0.6) is 0 Å². The van der Waals surface area contributed by atoms with E-state index < -0.39 is 30.0 Å². The van der Waals surface area contributed by atoms with Gasteiger partial charge in [0.05, 0.1) is 0 Å². The van der Waals surface area contributed by atoms with Crippen molar-refractivity contribution in [3.8, 4) is 0 Å². The fourth-order valence-corrected chi connectivity index (χ4v) is 2.35. The van der Waals surface area contributed by atoms with Crippen LogP contribution in [0.15, 0.2) is 23.5 Å². The normalized spacial score (nSPS) is 14.9. The Kier molecular flexibility index (Phi) is 10.5. The first kappa shape index (κ1) is 27.0. The second kappa shape index (κ2) is 11.3. The van der Waals surface area contributed by atoms with Gasteiger partial charge in [-0.3, -0.25) is 9.59 Å². The van der Waals surface area contributed by atoms with Gasteiger partial charge in [0.2, 0.25) is 0 Å². The van der Waals surface area contributed by atoms with Crippen LogP contribution < -0.4 is 10.6 Å². The Balaban J connectivity index is 5.21. The Bertz CT molecular complexity index is 619. The monoisotopic (exact) mass is 430 g/mol. The van der Waals surface area contributed by atoms with Crippen LogP contribution in [0.4, 0.5) is 26.3 Å². The highest BCUT2D eigenvalue weighted by Gasteiger charge is 2.37. The van der Waals surface area contributed by atoms with Crippen LogP contribution >= 0.6 is 0 Å². The zero-order valence-corrected chi connectivity index (χ0v) is 17.1. The van der Waals surface area contributed by atoms with Crippen molar-refractivity contribution in [2.75, 3.05) is 6.54 Å². The Morgan fingerprint density at radius 3 is 1.52 bits per heavy atom. The number of carbonyl (C=O) groups is 2. The van der Waals surface area contributed by atoms with Crippen molar-refractivity contribution in [1.29, 1.82) is 0 Å². The Hall–Kier alpha value is -2.00. The maximum atomic E-state index is 12.5. The van der Waals surface area contributed by atoms with Crippen molar-refractivity contribution in [1.82, 2.24) is 10.6 Å². The van der Waals surface area contributed by atoms with Crippen molar-refractivity contribution in [2.24, 2.45) is 11.8 Å². The molecule has 0 rings (SSSR count). The van der Waals surface area contributed by atoms with E-state index in [4.69, 9.17) is 0 Å². The molecule has 0 radical (unpaired) electrons. The molecule has 10 heteroatoms. The van der Waals surface area contributed by atoms with Crippen LogP contribution in [-0.4, -0.2) is 36.5 Å². The van der Waals surface area contributed by atoms with E-state index in [0.717, 1.165) is 0 Å². The molecule has 4 nitrogen and oxygen atoms in total. The van der Waals surface area contributed by atoms with Gasteiger partial charge in [-0.1, -0.05) is 27.7 Å². The molecule has 0 bridgehead atoms. The van der Waals surface area contributed by atoms with Crippen LogP contribution in [-0.2, 0) is 9.59 Å². The molecule has 0 aliphatic rings. The average molecular weight is 430 g/mol. The van der Waals surface area contributed by atoms with E-state index >= 15 is 0 Å². The maximum absolute atomic E-state index is 12.5. The SMILES string of the molecule is CC(C)C/C(=C/C(=O)C(F)(F)F)NC(C)CN/C(=C/C(=O)C(F)(F)F)CC(C)C. The molecule has 0 heterocycles. The number of hydrogen-bond acceptors (Lipinski definition) is 4. The number of ketones is 2. The molecule has 1 atom stereocenters. The molecule has 0 aromatic carbocycles. The van der Waals surface area contributed by atoms with Gasteiger partial charge < -0.3 is 10.6 Å². The summed E-state index contributed by atoms with van der Waals surface area (Å²) in [6.07, 6.45) is -8.61. The van der Waals surface area contributed by atoms with Gasteiger partial charge >= 0.3 is 12.4 Å². The minimum absolute atomic E-state index is 0.0288. The van der Waals surface area contributed by atoms with E-state index in [9.17, 15) is 35.9 Å². The maximum Gasteiger partial charge on any atom is 0.454 e. The van der Waals surface area contributed by atoms with Crippen molar-refractivity contribution < 1.29 is 35.9 Å². The molecule has 0 spiro atoms. The highest BCUT2D eigenvalue weighted by molar-refractivity contribution is 5.95. The van der Waals surface area contributed by atoms with Gasteiger partial charge in [-0.15, -0.1) is 0 Å². The molecule has 0 aliphatic heterocycles. The van der Waals surface area contributed by atoms with Gasteiger partial charge in [-0.05, 0) is 31.6 Å². The van der Waals surface area contributed by atoms with Crippen LogP contribution in [0.1, 0.15) is 47.5 Å². The van der Waals surface area contributed by atoms with Crippen LogP contribution in [0.2, 0.25) is 0 Å². The molecule has 168 valence electrons. The summed E-state index contributed by atoms with van der Waals surface area (Å²) in [6.45, 7) is 8.70. The number of allylic oxidation sites excluding steroid dienone is 4. The predicted molar refractivity (Wildman–Crippen MR) is 97.8 cm³/mol. The lowest BCUT2D eigenvalue weighted by molar-refractivity contribution is -0.165. The van der Waals surface area contributed by atoms with E-state index in [1.54, 1.807) is 34.6 Å². The number of hydrogen-bond donors (Lipinski definition) is 2. The second-order valence-corrected chi connectivity index (χ2v) is 7.69. The highest BCUT2D eigenvalue weighted by atomic mass is 19.4. The molecule has 1 unspecified atom stereocenters. The number of nitrogens with one attached hydrogen (secondary N) is 2. The first-order chi connectivity index (χ1) is 13.0. The third-order valence-corrected chi connectivity index (χ3v) is 3.49. The molecule has 2 N–H and O–H groups in total. The van der Waals surface area contributed by atoms with Gasteiger partial charge in [0.25, 0.3) is 11.6 Å². The molecule has 0 saturated carbocycles. The first-order valence-corrected chi connectivity index (χ1v) is 9.16. The zero-order chi connectivity index (χ0) is 23.0. The fourth-order valence-electron chi connectivity index (χ4n) is 2.35. The van der Waals surface area contributed by atoms with Gasteiger partial charge in [0.15, 0.2) is 0 Å². The van der Waals surface area contributed by atoms with E-state index in [1.807, 2.05) is 0 Å². The highest BCUT2D eigenvalue weighted by Crippen LogP contribution is 2.20. The smallest absolute Gasteiger partial charge is 0.386 e. The molecule has 0 saturated heterocycles. The van der Waals surface area contributed by atoms with Gasteiger partial charge in [0, 0.05) is 36.1 Å². The molecular formula is C19H28F6N2O2. The summed E-state index contributed by atoms with van der Waals surface area (Å²) in [6, 6.07) is -0.516. The van der Waals surface area contributed by atoms with E-state index in [0.29, 0.717) is 12.2 Å². The molecule has 0 aromatic rings. The zero-order valence-electron chi connectivity index (χ0n) is 17.1. The standard InChI is InChI=1S/C19H28F6N2O2/c1-11(2)6-14(8-16(28)18(20,21)22)26-10-13(5)27-15(7-12(3)4)9-17(29)19(23,24)25/h8-9,11-13,26-27H,6-7,10H2,1-5H3/b14-8+,15-9-. The average Bonchev–Trinajstić information content (AvgIpc) is 2.49. The summed E-state index contributed by atoms with van der Waals surface area (Å²) >= 11 is 0. The molecular weight excluding hydrogens is 402 g/mol. The van der Waals surface area contributed by atoms with Crippen molar-refractivity contribution in [3.63, 3.8) is 0 Å². The number of halogens is 6. The first-order valence-electron chi connectivity index (χ1n) is 9.16. The number of alkyl halides is 6. The summed E-state index contributed by atoms with van der Waals surface area (Å²) in [5, 5.41) is 5.53. The lowest BCUT2D eigenvalue weighted by Crippen LogP contribution is -2.37. The molecule has 0 fully saturated rings. The lowest BCUT2D eigenvalue weighted by atomic mass is 10.1. The number of rotatable bonds is 11. The summed E-state index contributed by atoms with van der Waals surface area (Å²) < 4.78 is 75.0. The Morgan fingerprint density at radius 1 is 0.759 bits per heavy atom. The summed E-state index contributed by atoms with van der Waals surface area (Å²) in [5.74, 6) is -4.04. The Labute approximate surface area is 166 Å². The van der Waals surface area contributed by atoms with Crippen LogP contribution in [0.25, 0.3) is 0 Å². The molecule has 0 amide bonds. The summed E-state index contributed by atoms with van der Waals surface area (Å²) in [7, 11) is 0.